The summed E-state index contributed by atoms with van der Waals surface area (Å²) in [5.41, 5.74) is 1.83. The Morgan fingerprint density at radius 1 is 1.44 bits per heavy atom. The van der Waals surface area contributed by atoms with Crippen LogP contribution in [0, 0.1) is 0 Å². The van der Waals surface area contributed by atoms with Crippen LogP contribution in [-0.4, -0.2) is 21.1 Å². The van der Waals surface area contributed by atoms with Crippen molar-refractivity contribution in [3.05, 3.63) is 42.2 Å². The van der Waals surface area contributed by atoms with Gasteiger partial charge in [-0.2, -0.15) is 5.10 Å². The van der Waals surface area contributed by atoms with Crippen molar-refractivity contribution in [2.24, 2.45) is 0 Å². The van der Waals surface area contributed by atoms with E-state index < -0.39 is 0 Å². The lowest BCUT2D eigenvalue weighted by atomic mass is 10.2. The molecule has 1 heterocycles. The molecule has 0 atom stereocenters. The van der Waals surface area contributed by atoms with Gasteiger partial charge in [0.15, 0.2) is 0 Å². The van der Waals surface area contributed by atoms with Crippen LogP contribution in [0.25, 0.3) is 5.69 Å². The van der Waals surface area contributed by atoms with Gasteiger partial charge >= 0.3 is 0 Å². The predicted molar refractivity (Wildman–Crippen MR) is 70.0 cm³/mol. The summed E-state index contributed by atoms with van der Waals surface area (Å²) >= 11 is 0. The number of phenols is 1. The van der Waals surface area contributed by atoms with E-state index in [9.17, 15) is 5.11 Å². The van der Waals surface area contributed by atoms with Gasteiger partial charge in [-0.25, -0.2) is 4.68 Å². The van der Waals surface area contributed by atoms with Gasteiger partial charge in [-0.1, -0.05) is 27.7 Å². The Balaban J connectivity index is 2.23. The minimum Gasteiger partial charge on any atom is -0.508 e. The van der Waals surface area contributed by atoms with Crippen molar-refractivity contribution in [2.75, 3.05) is 6.26 Å². The number of aromatic nitrogens is 2. The number of nitrogens with zero attached hydrogens (tertiary/aromatic N) is 2. The second-order valence-electron chi connectivity index (χ2n) is 3.19. The number of benzene rings is 1. The summed E-state index contributed by atoms with van der Waals surface area (Å²) in [6.07, 6.45) is 5.60. The molecule has 0 radical (unpaired) electrons. The van der Waals surface area contributed by atoms with Gasteiger partial charge in [0, 0.05) is 29.8 Å². The minimum absolute atomic E-state index is 0.328. The summed E-state index contributed by atoms with van der Waals surface area (Å²) in [5, 5.41) is 14.0. The highest BCUT2D eigenvalue weighted by atomic mass is 33.1. The Kier molecular flexibility index (Phi) is 3.79. The van der Waals surface area contributed by atoms with E-state index in [2.05, 4.69) is 5.10 Å². The molecule has 1 aromatic heterocycles. The van der Waals surface area contributed by atoms with Crippen LogP contribution in [-0.2, 0) is 5.75 Å². The molecule has 5 heteroatoms. The molecule has 3 nitrogen and oxygen atoms in total. The van der Waals surface area contributed by atoms with Gasteiger partial charge in [-0.05, 0) is 18.4 Å². The lowest BCUT2D eigenvalue weighted by Crippen LogP contribution is -1.94. The fourth-order valence-corrected chi connectivity index (χ4v) is 2.58. The molecule has 0 bridgehead atoms. The molecule has 2 aromatic rings. The monoisotopic (exact) mass is 252 g/mol. The maximum Gasteiger partial charge on any atom is 0.121 e. The van der Waals surface area contributed by atoms with E-state index in [-0.39, 0.29) is 0 Å². The molecule has 16 heavy (non-hydrogen) atoms. The number of phenolic OH excluding ortho intramolecular Hbond substituents is 1. The van der Waals surface area contributed by atoms with Gasteiger partial charge in [0.2, 0.25) is 0 Å². The molecular formula is C11H12N2OS2. The largest absolute Gasteiger partial charge is 0.508 e. The summed E-state index contributed by atoms with van der Waals surface area (Å²) < 4.78 is 1.73. The first-order valence-electron chi connectivity index (χ1n) is 4.79. The van der Waals surface area contributed by atoms with E-state index in [0.29, 0.717) is 5.75 Å². The molecule has 0 saturated carbocycles. The Bertz CT molecular complexity index is 457. The number of aromatic hydroxyl groups is 1. The zero-order valence-electron chi connectivity index (χ0n) is 8.83. The molecule has 1 N–H and O–H groups in total. The van der Waals surface area contributed by atoms with Crippen molar-refractivity contribution < 1.29 is 5.11 Å². The maximum absolute atomic E-state index is 9.85. The van der Waals surface area contributed by atoms with Gasteiger partial charge in [0.1, 0.15) is 5.75 Å². The van der Waals surface area contributed by atoms with Crippen LogP contribution in [0.5, 0.6) is 5.75 Å². The molecule has 0 amide bonds. The van der Waals surface area contributed by atoms with Crippen molar-refractivity contribution >= 4 is 21.6 Å². The van der Waals surface area contributed by atoms with Crippen LogP contribution in [0.15, 0.2) is 36.7 Å². The van der Waals surface area contributed by atoms with Crippen LogP contribution in [0.3, 0.4) is 0 Å². The van der Waals surface area contributed by atoms with Crippen LogP contribution in [0.4, 0.5) is 0 Å². The summed E-state index contributed by atoms with van der Waals surface area (Å²) in [4.78, 5) is 0. The van der Waals surface area contributed by atoms with Gasteiger partial charge in [0.05, 0.1) is 5.69 Å². The van der Waals surface area contributed by atoms with Crippen LogP contribution < -0.4 is 0 Å². The van der Waals surface area contributed by atoms with Crippen molar-refractivity contribution in [3.63, 3.8) is 0 Å². The minimum atomic E-state index is 0.328. The fourth-order valence-electron chi connectivity index (χ4n) is 1.36. The molecule has 0 spiro atoms. The molecule has 0 aliphatic rings. The quantitative estimate of drug-likeness (QED) is 0.849. The summed E-state index contributed by atoms with van der Waals surface area (Å²) in [6.45, 7) is 0. The molecule has 0 fully saturated rings. The molecule has 1 aromatic carbocycles. The average molecular weight is 252 g/mol. The van der Waals surface area contributed by atoms with Crippen LogP contribution in [0.1, 0.15) is 5.56 Å². The van der Waals surface area contributed by atoms with E-state index in [4.69, 9.17) is 0 Å². The zero-order valence-corrected chi connectivity index (χ0v) is 10.5. The molecule has 0 aliphatic heterocycles. The Morgan fingerprint density at radius 3 is 2.94 bits per heavy atom. The Hall–Kier alpha value is -1.07. The maximum atomic E-state index is 9.85. The van der Waals surface area contributed by atoms with Crippen molar-refractivity contribution in [3.8, 4) is 11.4 Å². The van der Waals surface area contributed by atoms with Gasteiger partial charge in [-0.3, -0.25) is 0 Å². The van der Waals surface area contributed by atoms with Crippen LogP contribution >= 0.6 is 21.6 Å². The third-order valence-corrected chi connectivity index (χ3v) is 3.90. The summed E-state index contributed by atoms with van der Waals surface area (Å²) in [6, 6.07) is 7.50. The van der Waals surface area contributed by atoms with E-state index in [0.717, 1.165) is 17.0 Å². The Labute approximate surface area is 102 Å². The standard InChI is InChI=1S/C11H12N2OS2/c1-15-16-8-9-3-4-10(7-11(9)14)13-6-2-5-12-13/h2-7,14H,8H2,1H3. The molecule has 0 aliphatic carbocycles. The summed E-state index contributed by atoms with van der Waals surface area (Å²) in [5.74, 6) is 1.14. The highest BCUT2D eigenvalue weighted by molar-refractivity contribution is 8.76. The van der Waals surface area contributed by atoms with Gasteiger partial charge < -0.3 is 5.11 Å². The number of rotatable bonds is 4. The first-order chi connectivity index (χ1) is 7.81. The van der Waals surface area contributed by atoms with Crippen molar-refractivity contribution in [1.82, 2.24) is 9.78 Å². The lowest BCUT2D eigenvalue weighted by molar-refractivity contribution is 0.470. The zero-order chi connectivity index (χ0) is 11.4. The van der Waals surface area contributed by atoms with Crippen molar-refractivity contribution in [2.45, 2.75) is 5.75 Å². The molecule has 84 valence electrons. The fraction of sp³-hybridized carbons (Fsp3) is 0.182. The molecule has 0 saturated heterocycles. The Morgan fingerprint density at radius 2 is 2.31 bits per heavy atom. The number of hydrogen-bond donors (Lipinski definition) is 1. The highest BCUT2D eigenvalue weighted by Crippen LogP contribution is 2.29. The second-order valence-corrected chi connectivity index (χ2v) is 5.76. The topological polar surface area (TPSA) is 38.0 Å². The highest BCUT2D eigenvalue weighted by Gasteiger charge is 2.04. The number of hydrogen-bond acceptors (Lipinski definition) is 4. The van der Waals surface area contributed by atoms with Crippen molar-refractivity contribution in [1.29, 1.82) is 0 Å². The molecule has 2 rings (SSSR count). The van der Waals surface area contributed by atoms with E-state index in [1.165, 1.54) is 0 Å². The van der Waals surface area contributed by atoms with Gasteiger partial charge in [-0.15, -0.1) is 0 Å². The normalized spacial score (nSPS) is 10.6. The lowest BCUT2D eigenvalue weighted by Gasteiger charge is -2.06. The van der Waals surface area contributed by atoms with E-state index in [1.807, 2.05) is 30.7 Å². The second kappa shape index (κ2) is 5.32. The smallest absolute Gasteiger partial charge is 0.121 e. The summed E-state index contributed by atoms with van der Waals surface area (Å²) in [7, 11) is 3.41. The first kappa shape index (κ1) is 11.4. The van der Waals surface area contributed by atoms with E-state index >= 15 is 0 Å². The first-order valence-corrected chi connectivity index (χ1v) is 7.51. The predicted octanol–water partition coefficient (Wildman–Crippen LogP) is 3.09. The molecule has 0 unspecified atom stereocenters. The third kappa shape index (κ3) is 2.54. The average Bonchev–Trinajstić information content (AvgIpc) is 2.81. The van der Waals surface area contributed by atoms with Crippen LogP contribution in [0.2, 0.25) is 0 Å². The third-order valence-electron chi connectivity index (χ3n) is 2.17. The molecular weight excluding hydrogens is 240 g/mol. The van der Waals surface area contributed by atoms with E-state index in [1.54, 1.807) is 38.5 Å². The SMILES string of the molecule is CSSCc1ccc(-n2cccn2)cc1O. The van der Waals surface area contributed by atoms with Gasteiger partial charge in [0.25, 0.3) is 0 Å².